The smallest absolute Gasteiger partial charge is 0.167 e. The maximum absolute atomic E-state index is 15.0. The molecule has 0 heterocycles. The summed E-state index contributed by atoms with van der Waals surface area (Å²) in [6, 6.07) is 26.3. The summed E-state index contributed by atoms with van der Waals surface area (Å²) in [5.41, 5.74) is 5.09. The number of hydrogen-bond donors (Lipinski definition) is 0. The van der Waals surface area contributed by atoms with Crippen LogP contribution in [0.5, 0.6) is 5.75 Å². The van der Waals surface area contributed by atoms with Gasteiger partial charge in [0.05, 0.1) is 6.61 Å². The lowest BCUT2D eigenvalue weighted by molar-refractivity contribution is 0.340. The molecule has 0 amide bonds. The van der Waals surface area contributed by atoms with E-state index in [4.69, 9.17) is 4.74 Å². The van der Waals surface area contributed by atoms with Crippen LogP contribution in [0.1, 0.15) is 25.8 Å². The van der Waals surface area contributed by atoms with E-state index in [1.165, 1.54) is 5.56 Å². The SMILES string of the molecule is CCCc1ccc(-c2ccc(-c3ccc(-c4ccc(OCC)cc4)cc3)c(F)c2F)cc1. The molecule has 4 aromatic rings. The maximum Gasteiger partial charge on any atom is 0.167 e. The molecular formula is C29H26F2O. The van der Waals surface area contributed by atoms with Crippen LogP contribution in [0.2, 0.25) is 0 Å². The lowest BCUT2D eigenvalue weighted by Crippen LogP contribution is -1.94. The molecule has 0 aliphatic heterocycles. The highest BCUT2D eigenvalue weighted by Crippen LogP contribution is 2.33. The number of halogens is 2. The Bertz CT molecular complexity index is 1180. The second kappa shape index (κ2) is 9.78. The van der Waals surface area contributed by atoms with E-state index in [9.17, 15) is 8.78 Å². The largest absolute Gasteiger partial charge is 0.494 e. The molecule has 0 fully saturated rings. The van der Waals surface area contributed by atoms with Crippen molar-refractivity contribution in [3.05, 3.63) is 102 Å². The van der Waals surface area contributed by atoms with Crippen molar-refractivity contribution in [3.63, 3.8) is 0 Å². The number of hydrogen-bond acceptors (Lipinski definition) is 1. The molecule has 0 spiro atoms. The Morgan fingerprint density at radius 1 is 0.562 bits per heavy atom. The van der Waals surface area contributed by atoms with E-state index in [1.807, 2.05) is 79.7 Å². The van der Waals surface area contributed by atoms with Gasteiger partial charge < -0.3 is 4.74 Å². The van der Waals surface area contributed by atoms with Gasteiger partial charge in [0.25, 0.3) is 0 Å². The van der Waals surface area contributed by atoms with Crippen molar-refractivity contribution < 1.29 is 13.5 Å². The predicted molar refractivity (Wildman–Crippen MR) is 128 cm³/mol. The fourth-order valence-corrected chi connectivity index (χ4v) is 3.89. The average Bonchev–Trinajstić information content (AvgIpc) is 2.83. The quantitative estimate of drug-likeness (QED) is 0.287. The third kappa shape index (κ3) is 4.57. The Morgan fingerprint density at radius 2 is 1.00 bits per heavy atom. The van der Waals surface area contributed by atoms with Crippen LogP contribution in [-0.4, -0.2) is 6.61 Å². The van der Waals surface area contributed by atoms with Crippen molar-refractivity contribution in [2.45, 2.75) is 26.7 Å². The van der Waals surface area contributed by atoms with Crippen molar-refractivity contribution in [1.29, 1.82) is 0 Å². The van der Waals surface area contributed by atoms with E-state index in [1.54, 1.807) is 12.1 Å². The van der Waals surface area contributed by atoms with E-state index in [-0.39, 0.29) is 11.1 Å². The van der Waals surface area contributed by atoms with Gasteiger partial charge in [0.15, 0.2) is 11.6 Å². The van der Waals surface area contributed by atoms with Gasteiger partial charge in [-0.1, -0.05) is 86.1 Å². The van der Waals surface area contributed by atoms with Gasteiger partial charge in [-0.2, -0.15) is 0 Å². The second-order valence-corrected chi connectivity index (χ2v) is 7.77. The molecular weight excluding hydrogens is 402 g/mol. The average molecular weight is 429 g/mol. The van der Waals surface area contributed by atoms with Gasteiger partial charge in [0, 0.05) is 11.1 Å². The Hall–Kier alpha value is -3.46. The first-order valence-corrected chi connectivity index (χ1v) is 11.0. The second-order valence-electron chi connectivity index (χ2n) is 7.77. The molecule has 4 aromatic carbocycles. The third-order valence-corrected chi connectivity index (χ3v) is 5.58. The zero-order valence-electron chi connectivity index (χ0n) is 18.4. The van der Waals surface area contributed by atoms with Crippen LogP contribution in [-0.2, 0) is 6.42 Å². The van der Waals surface area contributed by atoms with Crippen molar-refractivity contribution >= 4 is 0 Å². The fourth-order valence-electron chi connectivity index (χ4n) is 3.89. The van der Waals surface area contributed by atoms with Crippen LogP contribution >= 0.6 is 0 Å². The molecule has 1 nitrogen and oxygen atoms in total. The summed E-state index contributed by atoms with van der Waals surface area (Å²) in [5, 5.41) is 0. The molecule has 0 aliphatic rings. The van der Waals surface area contributed by atoms with E-state index >= 15 is 0 Å². The zero-order valence-corrected chi connectivity index (χ0v) is 18.4. The van der Waals surface area contributed by atoms with Gasteiger partial charge in [0.1, 0.15) is 5.75 Å². The number of rotatable bonds is 7. The van der Waals surface area contributed by atoms with Crippen LogP contribution in [0.4, 0.5) is 8.78 Å². The fraction of sp³-hybridized carbons (Fsp3) is 0.172. The minimum Gasteiger partial charge on any atom is -0.494 e. The molecule has 0 aliphatic carbocycles. The summed E-state index contributed by atoms with van der Waals surface area (Å²) in [7, 11) is 0. The van der Waals surface area contributed by atoms with Crippen LogP contribution in [0, 0.1) is 11.6 Å². The molecule has 0 aromatic heterocycles. The Balaban J connectivity index is 1.59. The zero-order chi connectivity index (χ0) is 22.5. The van der Waals surface area contributed by atoms with E-state index < -0.39 is 11.6 Å². The summed E-state index contributed by atoms with van der Waals surface area (Å²) in [6.07, 6.45) is 2.02. The molecule has 0 unspecified atom stereocenters. The minimum atomic E-state index is -0.825. The first-order chi connectivity index (χ1) is 15.6. The van der Waals surface area contributed by atoms with Gasteiger partial charge >= 0.3 is 0 Å². The summed E-state index contributed by atoms with van der Waals surface area (Å²) < 4.78 is 35.4. The highest BCUT2D eigenvalue weighted by Gasteiger charge is 2.16. The Kier molecular flexibility index (Phi) is 6.65. The van der Waals surface area contributed by atoms with Gasteiger partial charge in [0.2, 0.25) is 0 Å². The van der Waals surface area contributed by atoms with Crippen molar-refractivity contribution in [1.82, 2.24) is 0 Å². The standard InChI is InChI=1S/C29H26F2O/c1-3-5-20-6-8-23(9-7-20)26-18-19-27(29(31)28(26)30)24-12-10-21(11-13-24)22-14-16-25(17-15-22)32-4-2/h6-19H,3-5H2,1-2H3. The van der Waals surface area contributed by atoms with Gasteiger partial charge in [-0.05, 0) is 53.3 Å². The normalized spacial score (nSPS) is 10.9. The van der Waals surface area contributed by atoms with Crippen molar-refractivity contribution in [3.8, 4) is 39.1 Å². The predicted octanol–water partition coefficient (Wildman–Crippen LogP) is 8.32. The lowest BCUT2D eigenvalue weighted by atomic mass is 9.96. The number of benzene rings is 4. The van der Waals surface area contributed by atoms with Crippen LogP contribution < -0.4 is 4.74 Å². The Morgan fingerprint density at radius 3 is 1.47 bits per heavy atom. The summed E-state index contributed by atoms with van der Waals surface area (Å²) in [4.78, 5) is 0. The molecule has 0 radical (unpaired) electrons. The van der Waals surface area contributed by atoms with Crippen LogP contribution in [0.25, 0.3) is 33.4 Å². The van der Waals surface area contributed by atoms with Crippen molar-refractivity contribution in [2.75, 3.05) is 6.61 Å². The lowest BCUT2D eigenvalue weighted by Gasteiger charge is -2.11. The highest BCUT2D eigenvalue weighted by molar-refractivity contribution is 5.74. The van der Waals surface area contributed by atoms with Gasteiger partial charge in [-0.15, -0.1) is 0 Å². The molecule has 0 bridgehead atoms. The van der Waals surface area contributed by atoms with Gasteiger partial charge in [-0.25, -0.2) is 8.78 Å². The van der Waals surface area contributed by atoms with E-state index in [0.29, 0.717) is 17.7 Å². The molecule has 0 N–H and O–H groups in total. The topological polar surface area (TPSA) is 9.23 Å². The van der Waals surface area contributed by atoms with Crippen LogP contribution in [0.15, 0.2) is 84.9 Å². The molecule has 0 saturated heterocycles. The first kappa shape index (κ1) is 21.8. The summed E-state index contributed by atoms with van der Waals surface area (Å²) >= 11 is 0. The first-order valence-electron chi connectivity index (χ1n) is 11.0. The highest BCUT2D eigenvalue weighted by atomic mass is 19.2. The number of aryl methyl sites for hydroxylation is 1. The molecule has 4 rings (SSSR count). The Labute approximate surface area is 188 Å². The van der Waals surface area contributed by atoms with Crippen LogP contribution in [0.3, 0.4) is 0 Å². The third-order valence-electron chi connectivity index (χ3n) is 5.58. The summed E-state index contributed by atoms with van der Waals surface area (Å²) in [6.45, 7) is 4.69. The maximum atomic E-state index is 15.0. The molecule has 32 heavy (non-hydrogen) atoms. The van der Waals surface area contributed by atoms with Crippen molar-refractivity contribution in [2.24, 2.45) is 0 Å². The van der Waals surface area contributed by atoms with E-state index in [2.05, 4.69) is 6.92 Å². The van der Waals surface area contributed by atoms with E-state index in [0.717, 1.165) is 29.7 Å². The number of ether oxygens (including phenoxy) is 1. The minimum absolute atomic E-state index is 0.257. The van der Waals surface area contributed by atoms with Gasteiger partial charge in [-0.3, -0.25) is 0 Å². The molecule has 0 atom stereocenters. The molecule has 3 heteroatoms. The molecule has 0 saturated carbocycles. The monoisotopic (exact) mass is 428 g/mol. The molecule has 162 valence electrons. The summed E-state index contributed by atoms with van der Waals surface area (Å²) in [5.74, 6) is -0.819.